The van der Waals surface area contributed by atoms with Crippen molar-refractivity contribution in [1.29, 1.82) is 5.26 Å². The number of anilines is 1. The van der Waals surface area contributed by atoms with Gasteiger partial charge in [0.1, 0.15) is 11.7 Å². The number of halogens is 3. The molecule has 0 saturated carbocycles. The number of hydrogen-bond donors (Lipinski definition) is 1. The summed E-state index contributed by atoms with van der Waals surface area (Å²) < 4.78 is 26.4. The molecule has 0 radical (unpaired) electrons. The van der Waals surface area contributed by atoms with Gasteiger partial charge in [-0.3, -0.25) is 4.79 Å². The molecule has 1 N–H and O–H groups in total. The molecule has 1 rings (SSSR count). The van der Waals surface area contributed by atoms with Crippen LogP contribution >= 0.6 is 15.9 Å². The molecule has 0 fully saturated rings. The predicted molar refractivity (Wildman–Crippen MR) is 66.7 cm³/mol. The molecule has 0 bridgehead atoms. The maximum atomic E-state index is 13.5. The van der Waals surface area contributed by atoms with Gasteiger partial charge >= 0.3 is 0 Å². The summed E-state index contributed by atoms with van der Waals surface area (Å²) >= 11 is 2.96. The average Bonchev–Trinajstić information content (AvgIpc) is 2.30. The number of nitrogens with one attached hydrogen (secondary N) is 1. The van der Waals surface area contributed by atoms with Crippen molar-refractivity contribution < 1.29 is 13.6 Å². The standard InChI is InChI=1S/C12H11BrF2N2O/c1-2-3-7(6-16)12(18)17-11-9(13)4-8(14)5-10(11)15/h4-5,7H,2-3H2,1H3,(H,17,18). The van der Waals surface area contributed by atoms with E-state index in [4.69, 9.17) is 5.26 Å². The molecule has 1 unspecified atom stereocenters. The Bertz CT molecular complexity index is 476. The van der Waals surface area contributed by atoms with E-state index < -0.39 is 23.5 Å². The SMILES string of the molecule is CCCC(C#N)C(=O)Nc1c(F)cc(F)cc1Br. The lowest BCUT2D eigenvalue weighted by Gasteiger charge is -2.11. The van der Waals surface area contributed by atoms with Crippen LogP contribution in [0.1, 0.15) is 19.8 Å². The Hall–Kier alpha value is -1.48. The lowest BCUT2D eigenvalue weighted by molar-refractivity contribution is -0.118. The molecule has 0 aromatic heterocycles. The highest BCUT2D eigenvalue weighted by molar-refractivity contribution is 9.10. The molecular weight excluding hydrogens is 306 g/mol. The van der Waals surface area contributed by atoms with E-state index in [9.17, 15) is 13.6 Å². The first kappa shape index (κ1) is 14.6. The zero-order valence-electron chi connectivity index (χ0n) is 9.64. The number of amides is 1. The Morgan fingerprint density at radius 2 is 2.22 bits per heavy atom. The van der Waals surface area contributed by atoms with Crippen LogP contribution in [-0.2, 0) is 4.79 Å². The van der Waals surface area contributed by atoms with Gasteiger partial charge in [-0.1, -0.05) is 13.3 Å². The van der Waals surface area contributed by atoms with Crippen molar-refractivity contribution in [2.45, 2.75) is 19.8 Å². The number of hydrogen-bond acceptors (Lipinski definition) is 2. The van der Waals surface area contributed by atoms with Gasteiger partial charge in [-0.05, 0) is 28.4 Å². The summed E-state index contributed by atoms with van der Waals surface area (Å²) in [6.45, 7) is 1.84. The molecule has 3 nitrogen and oxygen atoms in total. The highest BCUT2D eigenvalue weighted by Gasteiger charge is 2.20. The predicted octanol–water partition coefficient (Wildman–Crippen LogP) is 3.61. The zero-order valence-corrected chi connectivity index (χ0v) is 11.2. The summed E-state index contributed by atoms with van der Waals surface area (Å²) in [6, 6.07) is 3.56. The van der Waals surface area contributed by atoms with Crippen LogP contribution in [0.3, 0.4) is 0 Å². The van der Waals surface area contributed by atoms with Gasteiger partial charge in [-0.15, -0.1) is 0 Å². The van der Waals surface area contributed by atoms with Crippen LogP contribution in [0.15, 0.2) is 16.6 Å². The first-order valence-electron chi connectivity index (χ1n) is 5.34. The van der Waals surface area contributed by atoms with Crippen LogP contribution in [0.4, 0.5) is 14.5 Å². The molecule has 0 saturated heterocycles. The van der Waals surface area contributed by atoms with Gasteiger partial charge in [0.15, 0.2) is 5.82 Å². The van der Waals surface area contributed by atoms with Crippen molar-refractivity contribution in [3.63, 3.8) is 0 Å². The molecule has 1 amide bonds. The highest BCUT2D eigenvalue weighted by Crippen LogP contribution is 2.27. The zero-order chi connectivity index (χ0) is 13.7. The molecule has 0 heterocycles. The lowest BCUT2D eigenvalue weighted by atomic mass is 10.0. The third kappa shape index (κ3) is 3.50. The van der Waals surface area contributed by atoms with Gasteiger partial charge in [0.25, 0.3) is 0 Å². The Morgan fingerprint density at radius 1 is 1.56 bits per heavy atom. The second-order valence-electron chi connectivity index (χ2n) is 3.70. The Morgan fingerprint density at radius 3 is 2.72 bits per heavy atom. The van der Waals surface area contributed by atoms with E-state index in [1.54, 1.807) is 0 Å². The number of carbonyl (C=O) groups is 1. The monoisotopic (exact) mass is 316 g/mol. The number of carbonyl (C=O) groups excluding carboxylic acids is 1. The van der Waals surface area contributed by atoms with Gasteiger partial charge in [-0.25, -0.2) is 8.78 Å². The Kier molecular flexibility index (Phi) is 5.23. The van der Waals surface area contributed by atoms with E-state index in [2.05, 4.69) is 21.2 Å². The fourth-order valence-electron chi connectivity index (χ4n) is 1.41. The van der Waals surface area contributed by atoms with Crippen LogP contribution in [0.5, 0.6) is 0 Å². The van der Waals surface area contributed by atoms with E-state index in [1.807, 2.05) is 13.0 Å². The number of nitrogens with zero attached hydrogens (tertiary/aromatic N) is 1. The van der Waals surface area contributed by atoms with E-state index >= 15 is 0 Å². The first-order valence-corrected chi connectivity index (χ1v) is 6.14. The van der Waals surface area contributed by atoms with Crippen molar-refractivity contribution in [3.05, 3.63) is 28.2 Å². The van der Waals surface area contributed by atoms with Crippen molar-refractivity contribution in [2.24, 2.45) is 5.92 Å². The largest absolute Gasteiger partial charge is 0.322 e. The van der Waals surface area contributed by atoms with Crippen LogP contribution < -0.4 is 5.32 Å². The maximum absolute atomic E-state index is 13.5. The molecule has 0 aliphatic carbocycles. The van der Waals surface area contributed by atoms with E-state index in [1.165, 1.54) is 0 Å². The van der Waals surface area contributed by atoms with Crippen LogP contribution in [0.25, 0.3) is 0 Å². The van der Waals surface area contributed by atoms with Crippen molar-refractivity contribution in [1.82, 2.24) is 0 Å². The molecule has 6 heteroatoms. The minimum Gasteiger partial charge on any atom is -0.322 e. The van der Waals surface area contributed by atoms with Gasteiger partial charge in [0, 0.05) is 10.5 Å². The molecule has 1 aromatic carbocycles. The van der Waals surface area contributed by atoms with Gasteiger partial charge in [-0.2, -0.15) is 5.26 Å². The number of benzene rings is 1. The molecule has 0 spiro atoms. The first-order chi connectivity index (χ1) is 8.49. The topological polar surface area (TPSA) is 52.9 Å². The quantitative estimate of drug-likeness (QED) is 0.922. The molecular formula is C12H11BrF2N2O. The number of nitriles is 1. The minimum absolute atomic E-state index is 0.0986. The van der Waals surface area contributed by atoms with Crippen LogP contribution in [0, 0.1) is 28.9 Å². The molecule has 1 aromatic rings. The summed E-state index contributed by atoms with van der Waals surface area (Å²) in [5.74, 6) is -3.07. The summed E-state index contributed by atoms with van der Waals surface area (Å²) in [7, 11) is 0. The normalized spacial score (nSPS) is 11.7. The molecule has 18 heavy (non-hydrogen) atoms. The molecule has 0 aliphatic rings. The van der Waals surface area contributed by atoms with Crippen LogP contribution in [0.2, 0.25) is 0 Å². The fraction of sp³-hybridized carbons (Fsp3) is 0.333. The summed E-state index contributed by atoms with van der Waals surface area (Å²) in [5.41, 5.74) is -0.155. The van der Waals surface area contributed by atoms with Crippen LogP contribution in [-0.4, -0.2) is 5.91 Å². The summed E-state index contributed by atoms with van der Waals surface area (Å²) in [6.07, 6.45) is 1.06. The lowest BCUT2D eigenvalue weighted by Crippen LogP contribution is -2.22. The Balaban J connectivity index is 2.92. The molecule has 0 aliphatic heterocycles. The van der Waals surface area contributed by atoms with E-state index in [0.29, 0.717) is 18.9 Å². The third-order valence-electron chi connectivity index (χ3n) is 2.30. The van der Waals surface area contributed by atoms with Gasteiger partial charge in [0.2, 0.25) is 5.91 Å². The van der Waals surface area contributed by atoms with Gasteiger partial charge in [0.05, 0.1) is 11.8 Å². The Labute approximate surface area is 112 Å². The highest BCUT2D eigenvalue weighted by atomic mass is 79.9. The van der Waals surface area contributed by atoms with Gasteiger partial charge < -0.3 is 5.32 Å². The summed E-state index contributed by atoms with van der Waals surface area (Å²) in [5, 5.41) is 11.1. The second-order valence-corrected chi connectivity index (χ2v) is 4.56. The third-order valence-corrected chi connectivity index (χ3v) is 2.93. The van der Waals surface area contributed by atoms with Crippen molar-refractivity contribution >= 4 is 27.5 Å². The number of rotatable bonds is 4. The van der Waals surface area contributed by atoms with E-state index in [0.717, 1.165) is 6.07 Å². The minimum atomic E-state index is -0.886. The molecule has 1 atom stereocenters. The fourth-order valence-corrected chi connectivity index (χ4v) is 1.92. The maximum Gasteiger partial charge on any atom is 0.241 e. The van der Waals surface area contributed by atoms with Crippen molar-refractivity contribution in [3.8, 4) is 6.07 Å². The molecule has 96 valence electrons. The van der Waals surface area contributed by atoms with E-state index in [-0.39, 0.29) is 10.2 Å². The smallest absolute Gasteiger partial charge is 0.241 e. The summed E-state index contributed by atoms with van der Waals surface area (Å²) in [4.78, 5) is 11.7. The second kappa shape index (κ2) is 6.45. The van der Waals surface area contributed by atoms with Crippen molar-refractivity contribution in [2.75, 3.05) is 5.32 Å². The average molecular weight is 317 g/mol.